The Morgan fingerprint density at radius 3 is 2.94 bits per heavy atom. The minimum absolute atomic E-state index is 0.194. The highest BCUT2D eigenvalue weighted by molar-refractivity contribution is 6.33. The van der Waals surface area contributed by atoms with E-state index in [0.717, 1.165) is 25.1 Å². The van der Waals surface area contributed by atoms with Gasteiger partial charge in [0, 0.05) is 13.2 Å². The first-order valence-corrected chi connectivity index (χ1v) is 6.43. The monoisotopic (exact) mass is 269 g/mol. The van der Waals surface area contributed by atoms with Gasteiger partial charge >= 0.3 is 5.97 Å². The minimum atomic E-state index is -0.973. The summed E-state index contributed by atoms with van der Waals surface area (Å²) in [6, 6.07) is 4.68. The van der Waals surface area contributed by atoms with Gasteiger partial charge < -0.3 is 15.2 Å². The van der Waals surface area contributed by atoms with Crippen LogP contribution in [0.2, 0.25) is 5.02 Å². The summed E-state index contributed by atoms with van der Waals surface area (Å²) >= 11 is 6.02. The average Bonchev–Trinajstić information content (AvgIpc) is 2.38. The summed E-state index contributed by atoms with van der Waals surface area (Å²) in [5.74, 6) is -0.973. The van der Waals surface area contributed by atoms with Crippen molar-refractivity contribution in [3.05, 3.63) is 28.8 Å². The molecule has 1 aliphatic rings. The summed E-state index contributed by atoms with van der Waals surface area (Å²) in [4.78, 5) is 10.8. The van der Waals surface area contributed by atoms with Crippen molar-refractivity contribution >= 4 is 23.3 Å². The quantitative estimate of drug-likeness (QED) is 0.882. The van der Waals surface area contributed by atoms with Gasteiger partial charge in [-0.3, -0.25) is 0 Å². The molecule has 1 unspecified atom stereocenters. The van der Waals surface area contributed by atoms with Gasteiger partial charge in [-0.05, 0) is 37.5 Å². The van der Waals surface area contributed by atoms with Crippen molar-refractivity contribution < 1.29 is 14.6 Å². The van der Waals surface area contributed by atoms with Crippen LogP contribution in [0.1, 0.15) is 29.6 Å². The van der Waals surface area contributed by atoms with Crippen molar-refractivity contribution in [2.75, 3.05) is 18.5 Å². The lowest BCUT2D eigenvalue weighted by atomic mass is 10.1. The number of carboxylic acid groups (broad SMARTS) is 1. The van der Waals surface area contributed by atoms with Gasteiger partial charge in [0.25, 0.3) is 0 Å². The lowest BCUT2D eigenvalue weighted by molar-refractivity contribution is 0.0247. The Balaban J connectivity index is 1.94. The fraction of sp³-hybridized carbons (Fsp3) is 0.462. The molecule has 0 aliphatic carbocycles. The number of anilines is 1. The molecule has 0 amide bonds. The molecule has 5 heteroatoms. The van der Waals surface area contributed by atoms with Crippen LogP contribution in [0.25, 0.3) is 0 Å². The summed E-state index contributed by atoms with van der Waals surface area (Å²) in [6.45, 7) is 1.52. The summed E-state index contributed by atoms with van der Waals surface area (Å²) in [7, 11) is 0. The molecule has 0 bridgehead atoms. The van der Waals surface area contributed by atoms with Crippen molar-refractivity contribution in [3.8, 4) is 0 Å². The number of hydrogen-bond acceptors (Lipinski definition) is 3. The Bertz CT molecular complexity index is 430. The third kappa shape index (κ3) is 3.37. The molecule has 0 saturated carbocycles. The molecule has 18 heavy (non-hydrogen) atoms. The van der Waals surface area contributed by atoms with E-state index in [2.05, 4.69) is 5.32 Å². The molecule has 1 heterocycles. The Kier molecular flexibility index (Phi) is 4.44. The molecular formula is C13H16ClNO3. The van der Waals surface area contributed by atoms with E-state index in [1.165, 1.54) is 18.6 Å². The largest absolute Gasteiger partial charge is 0.478 e. The van der Waals surface area contributed by atoms with E-state index < -0.39 is 5.97 Å². The van der Waals surface area contributed by atoms with Gasteiger partial charge in [-0.2, -0.15) is 0 Å². The van der Waals surface area contributed by atoms with Gasteiger partial charge in [-0.25, -0.2) is 4.79 Å². The third-order valence-corrected chi connectivity index (χ3v) is 3.32. The highest BCUT2D eigenvalue weighted by Crippen LogP contribution is 2.24. The van der Waals surface area contributed by atoms with Crippen molar-refractivity contribution in [3.63, 3.8) is 0 Å². The van der Waals surface area contributed by atoms with Crippen molar-refractivity contribution in [2.24, 2.45) is 0 Å². The fourth-order valence-electron chi connectivity index (χ4n) is 1.98. The van der Waals surface area contributed by atoms with Crippen LogP contribution in [-0.2, 0) is 4.74 Å². The van der Waals surface area contributed by atoms with Gasteiger partial charge in [-0.1, -0.05) is 11.6 Å². The average molecular weight is 270 g/mol. The van der Waals surface area contributed by atoms with E-state index in [4.69, 9.17) is 21.4 Å². The molecule has 1 aliphatic heterocycles. The van der Waals surface area contributed by atoms with Crippen molar-refractivity contribution in [2.45, 2.75) is 25.4 Å². The number of ether oxygens (including phenoxy) is 1. The lowest BCUT2D eigenvalue weighted by Crippen LogP contribution is -2.27. The Hall–Kier alpha value is -1.26. The van der Waals surface area contributed by atoms with Crippen LogP contribution >= 0.6 is 11.6 Å². The SMILES string of the molecule is O=C(O)c1ccc(NCC2CCCCO2)c(Cl)c1. The van der Waals surface area contributed by atoms with Crippen molar-refractivity contribution in [1.29, 1.82) is 0 Å². The molecule has 1 atom stereocenters. The number of halogens is 1. The standard InChI is InChI=1S/C13H16ClNO3/c14-11-7-9(13(16)17)4-5-12(11)15-8-10-3-1-2-6-18-10/h4-5,7,10,15H,1-3,6,8H2,(H,16,17). The molecule has 2 N–H and O–H groups in total. The van der Waals surface area contributed by atoms with Crippen LogP contribution in [-0.4, -0.2) is 30.3 Å². The minimum Gasteiger partial charge on any atom is -0.478 e. The third-order valence-electron chi connectivity index (χ3n) is 3.01. The van der Waals surface area contributed by atoms with Crippen LogP contribution < -0.4 is 5.32 Å². The van der Waals surface area contributed by atoms with Crippen molar-refractivity contribution in [1.82, 2.24) is 0 Å². The number of hydrogen-bond donors (Lipinski definition) is 2. The number of carboxylic acids is 1. The van der Waals surface area contributed by atoms with Crippen LogP contribution in [0, 0.1) is 0 Å². The molecule has 0 spiro atoms. The molecule has 0 radical (unpaired) electrons. The van der Waals surface area contributed by atoms with E-state index >= 15 is 0 Å². The second-order valence-corrected chi connectivity index (χ2v) is 4.78. The van der Waals surface area contributed by atoms with E-state index in [1.807, 2.05) is 0 Å². The van der Waals surface area contributed by atoms with Crippen LogP contribution in [0.4, 0.5) is 5.69 Å². The number of nitrogens with one attached hydrogen (secondary N) is 1. The van der Waals surface area contributed by atoms with Crippen LogP contribution in [0.3, 0.4) is 0 Å². The maximum absolute atomic E-state index is 10.8. The number of rotatable bonds is 4. The fourth-order valence-corrected chi connectivity index (χ4v) is 2.23. The maximum atomic E-state index is 10.8. The first kappa shape index (κ1) is 13.2. The predicted octanol–water partition coefficient (Wildman–Crippen LogP) is 3.02. The van der Waals surface area contributed by atoms with Gasteiger partial charge in [0.05, 0.1) is 22.4 Å². The number of aromatic carboxylic acids is 1. The zero-order valence-electron chi connectivity index (χ0n) is 9.99. The Morgan fingerprint density at radius 1 is 1.50 bits per heavy atom. The first-order chi connectivity index (χ1) is 8.66. The Morgan fingerprint density at radius 2 is 2.33 bits per heavy atom. The zero-order valence-corrected chi connectivity index (χ0v) is 10.7. The summed E-state index contributed by atoms with van der Waals surface area (Å²) < 4.78 is 5.60. The smallest absolute Gasteiger partial charge is 0.335 e. The lowest BCUT2D eigenvalue weighted by Gasteiger charge is -2.23. The molecule has 1 fully saturated rings. The predicted molar refractivity (Wildman–Crippen MR) is 70.5 cm³/mol. The number of benzene rings is 1. The van der Waals surface area contributed by atoms with E-state index in [1.54, 1.807) is 6.07 Å². The molecule has 1 saturated heterocycles. The summed E-state index contributed by atoms with van der Waals surface area (Å²) in [6.07, 6.45) is 3.59. The van der Waals surface area contributed by atoms with Gasteiger partial charge in [-0.15, -0.1) is 0 Å². The molecular weight excluding hydrogens is 254 g/mol. The van der Waals surface area contributed by atoms with E-state index in [0.29, 0.717) is 11.6 Å². The van der Waals surface area contributed by atoms with Gasteiger partial charge in [0.1, 0.15) is 0 Å². The van der Waals surface area contributed by atoms with E-state index in [-0.39, 0.29) is 11.7 Å². The molecule has 1 aromatic carbocycles. The Labute approximate surface area is 111 Å². The molecule has 4 nitrogen and oxygen atoms in total. The molecule has 98 valence electrons. The molecule has 2 rings (SSSR count). The second-order valence-electron chi connectivity index (χ2n) is 4.37. The van der Waals surface area contributed by atoms with Gasteiger partial charge in [0.2, 0.25) is 0 Å². The van der Waals surface area contributed by atoms with E-state index in [9.17, 15) is 4.79 Å². The normalized spacial score (nSPS) is 19.5. The topological polar surface area (TPSA) is 58.6 Å². The molecule has 1 aromatic rings. The highest BCUT2D eigenvalue weighted by atomic mass is 35.5. The van der Waals surface area contributed by atoms with Crippen LogP contribution in [0.5, 0.6) is 0 Å². The van der Waals surface area contributed by atoms with Gasteiger partial charge in [0.15, 0.2) is 0 Å². The first-order valence-electron chi connectivity index (χ1n) is 6.05. The highest BCUT2D eigenvalue weighted by Gasteiger charge is 2.14. The summed E-state index contributed by atoms with van der Waals surface area (Å²) in [5, 5.41) is 12.5. The maximum Gasteiger partial charge on any atom is 0.335 e. The molecule has 0 aromatic heterocycles. The second kappa shape index (κ2) is 6.07. The van der Waals surface area contributed by atoms with Crippen LogP contribution in [0.15, 0.2) is 18.2 Å². The zero-order chi connectivity index (χ0) is 13.0. The number of carbonyl (C=O) groups is 1. The summed E-state index contributed by atoms with van der Waals surface area (Å²) in [5.41, 5.74) is 0.940.